The summed E-state index contributed by atoms with van der Waals surface area (Å²) in [7, 11) is -3.00. The van der Waals surface area contributed by atoms with Crippen molar-refractivity contribution in [2.75, 3.05) is 25.5 Å². The number of benzene rings is 2. The van der Waals surface area contributed by atoms with Gasteiger partial charge >= 0.3 is 5.97 Å². The average Bonchev–Trinajstić information content (AvgIpc) is 2.76. The highest BCUT2D eigenvalue weighted by atomic mass is 32.2. The van der Waals surface area contributed by atoms with Gasteiger partial charge in [-0.15, -0.1) is 6.58 Å². The van der Waals surface area contributed by atoms with Gasteiger partial charge in [-0.1, -0.05) is 12.1 Å². The van der Waals surface area contributed by atoms with Gasteiger partial charge in [-0.2, -0.15) is 0 Å². The molecule has 0 aliphatic carbocycles. The molecule has 2 amide bonds. The van der Waals surface area contributed by atoms with Crippen molar-refractivity contribution < 1.29 is 31.9 Å². The quantitative estimate of drug-likeness (QED) is 0.392. The van der Waals surface area contributed by atoms with Crippen LogP contribution in [0.4, 0.5) is 10.1 Å². The minimum atomic E-state index is -4.18. The molecule has 0 radical (unpaired) electrons. The van der Waals surface area contributed by atoms with Crippen molar-refractivity contribution in [2.24, 2.45) is 0 Å². The minimum Gasteiger partial charge on any atom is -0.468 e. The van der Waals surface area contributed by atoms with Crippen molar-refractivity contribution in [1.82, 2.24) is 10.0 Å². The first-order valence-corrected chi connectivity index (χ1v) is 10.3. The van der Waals surface area contributed by atoms with Gasteiger partial charge in [-0.25, -0.2) is 17.5 Å². The smallest absolute Gasteiger partial charge is 0.325 e. The molecule has 164 valence electrons. The van der Waals surface area contributed by atoms with Gasteiger partial charge in [0, 0.05) is 23.4 Å². The number of nitrogens with one attached hydrogen (secondary N) is 3. The SMILES string of the molecule is C=CCNS(=O)(=O)c1cc(C(=O)Nc2cccc(C(=O)NCC(=O)OC)c2)ccc1F. The molecule has 11 heteroatoms. The van der Waals surface area contributed by atoms with E-state index in [9.17, 15) is 27.2 Å². The molecular weight excluding hydrogens is 429 g/mol. The zero-order valence-electron chi connectivity index (χ0n) is 16.5. The Balaban J connectivity index is 2.19. The lowest BCUT2D eigenvalue weighted by Crippen LogP contribution is -2.30. The van der Waals surface area contributed by atoms with E-state index in [0.29, 0.717) is 0 Å². The third-order valence-electron chi connectivity index (χ3n) is 3.90. The van der Waals surface area contributed by atoms with Gasteiger partial charge in [0.15, 0.2) is 0 Å². The Morgan fingerprint density at radius 3 is 2.48 bits per heavy atom. The van der Waals surface area contributed by atoms with Gasteiger partial charge in [-0.3, -0.25) is 14.4 Å². The van der Waals surface area contributed by atoms with Crippen LogP contribution in [0.1, 0.15) is 20.7 Å². The van der Waals surface area contributed by atoms with Crippen LogP contribution in [-0.4, -0.2) is 46.4 Å². The predicted molar refractivity (Wildman–Crippen MR) is 111 cm³/mol. The van der Waals surface area contributed by atoms with Crippen LogP contribution in [0.5, 0.6) is 0 Å². The fraction of sp³-hybridized carbons (Fsp3) is 0.150. The fourth-order valence-electron chi connectivity index (χ4n) is 2.37. The van der Waals surface area contributed by atoms with Crippen LogP contribution in [0.25, 0.3) is 0 Å². The second-order valence-electron chi connectivity index (χ2n) is 6.08. The molecule has 0 unspecified atom stereocenters. The second kappa shape index (κ2) is 10.5. The number of esters is 1. The van der Waals surface area contributed by atoms with E-state index < -0.39 is 38.5 Å². The van der Waals surface area contributed by atoms with Gasteiger partial charge < -0.3 is 15.4 Å². The molecule has 0 bridgehead atoms. The normalized spacial score (nSPS) is 10.8. The lowest BCUT2D eigenvalue weighted by atomic mass is 10.1. The Kier molecular flexibility index (Phi) is 8.00. The van der Waals surface area contributed by atoms with E-state index in [0.717, 1.165) is 18.2 Å². The van der Waals surface area contributed by atoms with Crippen molar-refractivity contribution in [3.63, 3.8) is 0 Å². The number of rotatable bonds is 9. The summed E-state index contributed by atoms with van der Waals surface area (Å²) in [4.78, 5) is 35.1. The fourth-order valence-corrected chi connectivity index (χ4v) is 3.46. The van der Waals surface area contributed by atoms with E-state index in [1.807, 2.05) is 0 Å². The van der Waals surface area contributed by atoms with Crippen LogP contribution in [0, 0.1) is 5.82 Å². The summed E-state index contributed by atoms with van der Waals surface area (Å²) in [5.74, 6) is -2.92. The van der Waals surface area contributed by atoms with Crippen molar-refractivity contribution in [2.45, 2.75) is 4.90 Å². The molecule has 0 saturated carbocycles. The maximum absolute atomic E-state index is 14.0. The molecule has 0 spiro atoms. The Morgan fingerprint density at radius 2 is 1.81 bits per heavy atom. The van der Waals surface area contributed by atoms with Crippen molar-refractivity contribution in [1.29, 1.82) is 0 Å². The minimum absolute atomic E-state index is 0.108. The number of amides is 2. The summed E-state index contributed by atoms with van der Waals surface area (Å²) in [5.41, 5.74) is 0.285. The highest BCUT2D eigenvalue weighted by molar-refractivity contribution is 7.89. The molecule has 3 N–H and O–H groups in total. The van der Waals surface area contributed by atoms with E-state index in [1.54, 1.807) is 0 Å². The highest BCUT2D eigenvalue weighted by Crippen LogP contribution is 2.18. The maximum Gasteiger partial charge on any atom is 0.325 e. The van der Waals surface area contributed by atoms with Crippen LogP contribution in [0.15, 0.2) is 60.0 Å². The molecule has 2 aromatic rings. The van der Waals surface area contributed by atoms with Crippen LogP contribution in [-0.2, 0) is 19.6 Å². The standard InChI is InChI=1S/C20H20FN3O6S/c1-3-9-23-31(28,29)17-11-14(7-8-16(17)21)20(27)24-15-6-4-5-13(10-15)19(26)22-12-18(25)30-2/h3-8,10-11,23H,1,9,12H2,2H3,(H,22,26)(H,24,27). The summed E-state index contributed by atoms with van der Waals surface area (Å²) >= 11 is 0. The Bertz CT molecular complexity index is 1120. The van der Waals surface area contributed by atoms with Gasteiger partial charge in [0.05, 0.1) is 7.11 Å². The number of hydrogen-bond donors (Lipinski definition) is 3. The summed E-state index contributed by atoms with van der Waals surface area (Å²) < 4.78 is 45.0. The number of hydrogen-bond acceptors (Lipinski definition) is 6. The average molecular weight is 449 g/mol. The number of halogens is 1. The van der Waals surface area contributed by atoms with Crippen LogP contribution in [0.2, 0.25) is 0 Å². The zero-order chi connectivity index (χ0) is 23.0. The van der Waals surface area contributed by atoms with Crippen LogP contribution < -0.4 is 15.4 Å². The lowest BCUT2D eigenvalue weighted by molar-refractivity contribution is -0.139. The monoisotopic (exact) mass is 449 g/mol. The number of sulfonamides is 1. The van der Waals surface area contributed by atoms with Gasteiger partial charge in [0.25, 0.3) is 11.8 Å². The summed E-state index contributed by atoms with van der Waals surface area (Å²) in [6.45, 7) is 2.95. The molecule has 31 heavy (non-hydrogen) atoms. The third-order valence-corrected chi connectivity index (χ3v) is 5.34. The first-order chi connectivity index (χ1) is 14.7. The predicted octanol–water partition coefficient (Wildman–Crippen LogP) is 1.45. The third kappa shape index (κ3) is 6.46. The van der Waals surface area contributed by atoms with E-state index in [2.05, 4.69) is 26.7 Å². The zero-order valence-corrected chi connectivity index (χ0v) is 17.3. The highest BCUT2D eigenvalue weighted by Gasteiger charge is 2.21. The summed E-state index contributed by atoms with van der Waals surface area (Å²) in [6, 6.07) is 8.73. The molecule has 0 atom stereocenters. The van der Waals surface area contributed by atoms with Crippen molar-refractivity contribution in [3.05, 3.63) is 72.1 Å². The number of ether oxygens (including phenoxy) is 1. The molecule has 0 saturated heterocycles. The molecule has 9 nitrogen and oxygen atoms in total. The molecule has 0 fully saturated rings. The van der Waals surface area contributed by atoms with E-state index >= 15 is 0 Å². The number of methoxy groups -OCH3 is 1. The van der Waals surface area contributed by atoms with E-state index in [4.69, 9.17) is 0 Å². The number of anilines is 1. The first-order valence-electron chi connectivity index (χ1n) is 8.84. The van der Waals surface area contributed by atoms with E-state index in [-0.39, 0.29) is 29.9 Å². The summed E-state index contributed by atoms with van der Waals surface area (Å²) in [5, 5.41) is 4.87. The van der Waals surface area contributed by atoms with Gasteiger partial charge in [0.1, 0.15) is 17.3 Å². The lowest BCUT2D eigenvalue weighted by Gasteiger charge is -2.10. The summed E-state index contributed by atoms with van der Waals surface area (Å²) in [6.07, 6.45) is 1.29. The van der Waals surface area contributed by atoms with Crippen molar-refractivity contribution in [3.8, 4) is 0 Å². The van der Waals surface area contributed by atoms with Crippen molar-refractivity contribution >= 4 is 33.5 Å². The Morgan fingerprint density at radius 1 is 1.10 bits per heavy atom. The van der Waals surface area contributed by atoms with Gasteiger partial charge in [-0.05, 0) is 36.4 Å². The number of carbonyl (C=O) groups excluding carboxylic acids is 3. The van der Waals surface area contributed by atoms with Gasteiger partial charge in [0.2, 0.25) is 10.0 Å². The molecule has 2 aromatic carbocycles. The second-order valence-corrected chi connectivity index (χ2v) is 7.81. The molecule has 0 aliphatic rings. The maximum atomic E-state index is 14.0. The van der Waals surface area contributed by atoms with E-state index in [1.165, 1.54) is 37.5 Å². The number of carbonyl (C=O) groups is 3. The molecular formula is C20H20FN3O6S. The topological polar surface area (TPSA) is 131 Å². The van der Waals surface area contributed by atoms with Crippen LogP contribution in [0.3, 0.4) is 0 Å². The Hall–Kier alpha value is -3.57. The molecule has 0 aliphatic heterocycles. The molecule has 2 rings (SSSR count). The molecule has 0 heterocycles. The largest absolute Gasteiger partial charge is 0.468 e. The Labute approximate surface area is 178 Å². The molecule has 0 aromatic heterocycles. The van der Waals surface area contributed by atoms with Crippen LogP contribution >= 0.6 is 0 Å². The first kappa shape index (κ1) is 23.7.